The molecule has 0 amide bonds. The van der Waals surface area contributed by atoms with Gasteiger partial charge in [-0.05, 0) is 60.4 Å². The molecule has 0 spiro atoms. The number of piperidine rings is 1. The van der Waals surface area contributed by atoms with Crippen LogP contribution in [0, 0.1) is 5.92 Å². The number of nitrogens with zero attached hydrogens (tertiary/aromatic N) is 1. The summed E-state index contributed by atoms with van der Waals surface area (Å²) < 4.78 is 0. The Morgan fingerprint density at radius 1 is 0.917 bits per heavy atom. The molecular formula is C22H24N2. The molecule has 2 aromatic carbocycles. The van der Waals surface area contributed by atoms with Crippen molar-refractivity contribution in [3.63, 3.8) is 0 Å². The molecule has 2 bridgehead atoms. The van der Waals surface area contributed by atoms with Crippen LogP contribution in [0.2, 0.25) is 0 Å². The second-order valence-corrected chi connectivity index (χ2v) is 7.56. The molecular weight excluding hydrogens is 292 g/mol. The minimum atomic E-state index is 0.692. The molecule has 2 atom stereocenters. The lowest BCUT2D eigenvalue weighted by atomic mass is 9.80. The molecule has 3 heterocycles. The third kappa shape index (κ3) is 2.46. The Labute approximate surface area is 143 Å². The van der Waals surface area contributed by atoms with Crippen molar-refractivity contribution >= 4 is 10.9 Å². The average molecular weight is 316 g/mol. The molecule has 1 aliphatic carbocycles. The fourth-order valence-corrected chi connectivity index (χ4v) is 4.80. The quantitative estimate of drug-likeness (QED) is 0.735. The third-order valence-electron chi connectivity index (χ3n) is 6.06. The average Bonchev–Trinajstić information content (AvgIpc) is 3.05. The minimum absolute atomic E-state index is 0.692. The van der Waals surface area contributed by atoms with Gasteiger partial charge in [0, 0.05) is 36.2 Å². The Morgan fingerprint density at radius 3 is 2.71 bits per heavy atom. The maximum Gasteiger partial charge on any atom is 0.0457 e. The lowest BCUT2D eigenvalue weighted by molar-refractivity contribution is 0.0942. The molecule has 0 radical (unpaired) electrons. The van der Waals surface area contributed by atoms with Gasteiger partial charge in [-0.2, -0.15) is 0 Å². The monoisotopic (exact) mass is 316 g/mol. The van der Waals surface area contributed by atoms with Gasteiger partial charge in [0.25, 0.3) is 0 Å². The lowest BCUT2D eigenvalue weighted by Crippen LogP contribution is -2.46. The van der Waals surface area contributed by atoms with Crippen molar-refractivity contribution in [2.24, 2.45) is 5.92 Å². The molecule has 3 aliphatic rings. The molecule has 2 aliphatic heterocycles. The summed E-state index contributed by atoms with van der Waals surface area (Å²) in [6.07, 6.45) is 7.27. The van der Waals surface area contributed by atoms with E-state index in [9.17, 15) is 0 Å². The first-order valence-electron chi connectivity index (χ1n) is 9.22. The number of nitrogens with one attached hydrogen (secondary N) is 1. The van der Waals surface area contributed by atoms with Gasteiger partial charge in [0.1, 0.15) is 0 Å². The van der Waals surface area contributed by atoms with Crippen LogP contribution in [0.25, 0.3) is 10.9 Å². The predicted molar refractivity (Wildman–Crippen MR) is 99.1 cm³/mol. The van der Waals surface area contributed by atoms with E-state index in [1.54, 1.807) is 11.1 Å². The normalized spacial score (nSPS) is 23.8. The number of rotatable bonds is 2. The Balaban J connectivity index is 1.46. The summed E-state index contributed by atoms with van der Waals surface area (Å²) in [5, 5.41) is 1.39. The number of benzene rings is 2. The molecule has 1 fully saturated rings. The smallest absolute Gasteiger partial charge is 0.0457 e. The molecule has 2 nitrogen and oxygen atoms in total. The van der Waals surface area contributed by atoms with E-state index in [1.165, 1.54) is 48.7 Å². The first-order chi connectivity index (χ1) is 11.9. The highest BCUT2D eigenvalue weighted by atomic mass is 15.2. The molecule has 3 aromatic rings. The number of fused-ring (bicyclic) bond motifs is 3. The SMILES string of the molecule is c1ccc2c(c1)C[C@H]1CC[C@H](C2)N(Cc2cccc3[nH]ccc23)C1. The highest BCUT2D eigenvalue weighted by Crippen LogP contribution is 2.33. The largest absolute Gasteiger partial charge is 0.361 e. The summed E-state index contributed by atoms with van der Waals surface area (Å²) in [7, 11) is 0. The summed E-state index contributed by atoms with van der Waals surface area (Å²) in [4.78, 5) is 6.10. The van der Waals surface area contributed by atoms with Crippen LogP contribution in [0.4, 0.5) is 0 Å². The minimum Gasteiger partial charge on any atom is -0.361 e. The van der Waals surface area contributed by atoms with Crippen LogP contribution in [0.3, 0.4) is 0 Å². The van der Waals surface area contributed by atoms with Gasteiger partial charge in [0.15, 0.2) is 0 Å². The van der Waals surface area contributed by atoms with Gasteiger partial charge in [-0.3, -0.25) is 4.90 Å². The van der Waals surface area contributed by atoms with Crippen molar-refractivity contribution in [1.29, 1.82) is 0 Å². The molecule has 1 saturated heterocycles. The van der Waals surface area contributed by atoms with E-state index < -0.39 is 0 Å². The Morgan fingerprint density at radius 2 is 1.79 bits per heavy atom. The maximum atomic E-state index is 3.35. The second-order valence-electron chi connectivity index (χ2n) is 7.56. The zero-order valence-electron chi connectivity index (χ0n) is 14.0. The van der Waals surface area contributed by atoms with Crippen LogP contribution in [-0.4, -0.2) is 22.5 Å². The summed E-state index contributed by atoms with van der Waals surface area (Å²) >= 11 is 0. The third-order valence-corrected chi connectivity index (χ3v) is 6.06. The summed E-state index contributed by atoms with van der Waals surface area (Å²) in [6, 6.07) is 18.7. The fraction of sp³-hybridized carbons (Fsp3) is 0.364. The standard InChI is InChI=1S/C22H24N2/c1-2-5-18-13-20-9-8-16(12-17(18)4-1)14-24(20)15-19-6-3-7-22-21(19)10-11-23-22/h1-7,10-11,16,20,23H,8-9,12-15H2/t16-,20-/m1/s1. The fourth-order valence-electron chi connectivity index (χ4n) is 4.80. The van der Waals surface area contributed by atoms with Gasteiger partial charge >= 0.3 is 0 Å². The van der Waals surface area contributed by atoms with Crippen molar-refractivity contribution in [2.45, 2.75) is 38.3 Å². The Hall–Kier alpha value is -2.06. The van der Waals surface area contributed by atoms with Gasteiger partial charge in [-0.25, -0.2) is 0 Å². The highest BCUT2D eigenvalue weighted by molar-refractivity contribution is 5.82. The lowest BCUT2D eigenvalue weighted by Gasteiger charge is -2.42. The molecule has 1 N–H and O–H groups in total. The van der Waals surface area contributed by atoms with Crippen LogP contribution in [0.5, 0.6) is 0 Å². The van der Waals surface area contributed by atoms with Gasteiger partial charge in [-0.15, -0.1) is 0 Å². The van der Waals surface area contributed by atoms with E-state index in [-0.39, 0.29) is 0 Å². The van der Waals surface area contributed by atoms with Crippen molar-refractivity contribution in [3.05, 3.63) is 71.4 Å². The highest BCUT2D eigenvalue weighted by Gasteiger charge is 2.31. The predicted octanol–water partition coefficient (Wildman–Crippen LogP) is 4.55. The van der Waals surface area contributed by atoms with Gasteiger partial charge in [-0.1, -0.05) is 36.4 Å². The van der Waals surface area contributed by atoms with Crippen LogP contribution < -0.4 is 0 Å². The summed E-state index contributed by atoms with van der Waals surface area (Å²) in [6.45, 7) is 2.33. The van der Waals surface area contributed by atoms with E-state index in [1.807, 2.05) is 0 Å². The molecule has 0 unspecified atom stereocenters. The van der Waals surface area contributed by atoms with E-state index in [0.29, 0.717) is 6.04 Å². The topological polar surface area (TPSA) is 19.0 Å². The van der Waals surface area contributed by atoms with Gasteiger partial charge in [0.2, 0.25) is 0 Å². The van der Waals surface area contributed by atoms with Gasteiger partial charge < -0.3 is 4.98 Å². The van der Waals surface area contributed by atoms with E-state index in [2.05, 4.69) is 64.6 Å². The Bertz CT molecular complexity index is 863. The molecule has 122 valence electrons. The number of hydrogen-bond donors (Lipinski definition) is 1. The second kappa shape index (κ2) is 5.78. The molecule has 0 saturated carbocycles. The Kier molecular flexibility index (Phi) is 3.45. The van der Waals surface area contributed by atoms with Crippen LogP contribution >= 0.6 is 0 Å². The number of aromatic amines is 1. The van der Waals surface area contributed by atoms with E-state index in [4.69, 9.17) is 0 Å². The van der Waals surface area contributed by atoms with Crippen molar-refractivity contribution < 1.29 is 0 Å². The van der Waals surface area contributed by atoms with E-state index >= 15 is 0 Å². The molecule has 24 heavy (non-hydrogen) atoms. The maximum absolute atomic E-state index is 3.35. The molecule has 2 heteroatoms. The zero-order chi connectivity index (χ0) is 15.9. The number of H-pyrrole nitrogens is 1. The van der Waals surface area contributed by atoms with E-state index in [0.717, 1.165) is 12.5 Å². The first kappa shape index (κ1) is 14.3. The number of aromatic nitrogens is 1. The summed E-state index contributed by atoms with van der Waals surface area (Å²) in [5.74, 6) is 0.813. The van der Waals surface area contributed by atoms with Crippen LogP contribution in [-0.2, 0) is 19.4 Å². The first-order valence-corrected chi connectivity index (χ1v) is 9.22. The van der Waals surface area contributed by atoms with Gasteiger partial charge in [0.05, 0.1) is 0 Å². The number of hydrogen-bond acceptors (Lipinski definition) is 1. The van der Waals surface area contributed by atoms with Crippen LogP contribution in [0.15, 0.2) is 54.7 Å². The van der Waals surface area contributed by atoms with Crippen molar-refractivity contribution in [2.75, 3.05) is 6.54 Å². The summed E-state index contributed by atoms with van der Waals surface area (Å²) in [5.41, 5.74) is 5.90. The molecule has 1 aromatic heterocycles. The van der Waals surface area contributed by atoms with Crippen molar-refractivity contribution in [3.8, 4) is 0 Å². The van der Waals surface area contributed by atoms with Crippen molar-refractivity contribution in [1.82, 2.24) is 9.88 Å². The molecule has 6 rings (SSSR count). The van der Waals surface area contributed by atoms with Crippen LogP contribution in [0.1, 0.15) is 29.5 Å². The zero-order valence-corrected chi connectivity index (χ0v) is 14.0.